The Kier molecular flexibility index (Phi) is 7.31. The number of piperidine rings is 1. The molecule has 0 amide bonds. The van der Waals surface area contributed by atoms with Crippen LogP contribution in [0.4, 0.5) is 5.69 Å². The van der Waals surface area contributed by atoms with Crippen LogP contribution in [-0.2, 0) is 11.4 Å². The Balaban J connectivity index is 1.34. The van der Waals surface area contributed by atoms with Gasteiger partial charge in [-0.2, -0.15) is 0 Å². The van der Waals surface area contributed by atoms with E-state index in [2.05, 4.69) is 26.7 Å². The van der Waals surface area contributed by atoms with Gasteiger partial charge in [-0.25, -0.2) is 0 Å². The molecule has 2 aliphatic rings. The average molecular weight is 535 g/mol. The summed E-state index contributed by atoms with van der Waals surface area (Å²) in [5.74, 6) is 0.471. The summed E-state index contributed by atoms with van der Waals surface area (Å²) in [6.45, 7) is 0.897. The van der Waals surface area contributed by atoms with Gasteiger partial charge in [-0.3, -0.25) is 4.98 Å². The Hall–Kier alpha value is -1.47. The second kappa shape index (κ2) is 10.3. The highest BCUT2D eigenvalue weighted by atomic mass is 35.5. The number of pyridine rings is 1. The molecule has 8 heteroatoms. The summed E-state index contributed by atoms with van der Waals surface area (Å²) in [4.78, 5) is 7.26. The number of halogens is 3. The van der Waals surface area contributed by atoms with E-state index in [0.29, 0.717) is 16.0 Å². The molecule has 0 radical (unpaired) electrons. The molecule has 1 saturated heterocycles. The third kappa shape index (κ3) is 5.51. The van der Waals surface area contributed by atoms with Gasteiger partial charge < -0.3 is 9.45 Å². The number of nitrogens with zero attached hydrogens (tertiary/aromatic N) is 2. The summed E-state index contributed by atoms with van der Waals surface area (Å²) in [6, 6.07) is 17.6. The molecule has 1 saturated carbocycles. The molecule has 4 nitrogen and oxygen atoms in total. The Morgan fingerprint density at radius 3 is 2.47 bits per heavy atom. The van der Waals surface area contributed by atoms with Crippen molar-refractivity contribution < 1.29 is 4.55 Å². The van der Waals surface area contributed by atoms with Gasteiger partial charge in [0.2, 0.25) is 0 Å². The monoisotopic (exact) mass is 533 g/mol. The van der Waals surface area contributed by atoms with Crippen molar-refractivity contribution in [2.45, 2.75) is 48.6 Å². The number of benzene rings is 2. The van der Waals surface area contributed by atoms with Gasteiger partial charge in [-0.05, 0) is 92.1 Å². The minimum Gasteiger partial charge on any atom is -0.593 e. The van der Waals surface area contributed by atoms with Gasteiger partial charge in [0, 0.05) is 33.5 Å². The minimum absolute atomic E-state index is 0.0677. The standard InChI is InChI=1S/C26H26Cl3N3OS/c27-19-4-7-21(8-5-19)32-17-18(3-10-25(32)23-9-6-20(28)14-24(23)29)15-26(11-12-26)31-34(33)22-2-1-13-30-16-22/h1-2,4-9,13-14,16,18,25,31H,3,10-12,15,17H2/t18-,25-,34?/m0/s1. The highest BCUT2D eigenvalue weighted by Crippen LogP contribution is 2.47. The number of nitrogens with one attached hydrogen (secondary N) is 1. The average Bonchev–Trinajstić information content (AvgIpc) is 3.59. The van der Waals surface area contributed by atoms with Crippen LogP contribution in [0, 0.1) is 5.92 Å². The van der Waals surface area contributed by atoms with E-state index in [1.54, 1.807) is 12.4 Å². The van der Waals surface area contributed by atoms with Gasteiger partial charge >= 0.3 is 0 Å². The van der Waals surface area contributed by atoms with Gasteiger partial charge in [0.05, 0.1) is 29.1 Å². The second-order valence-corrected chi connectivity index (χ2v) is 11.8. The molecule has 34 heavy (non-hydrogen) atoms. The van der Waals surface area contributed by atoms with Crippen LogP contribution in [0.2, 0.25) is 15.1 Å². The predicted octanol–water partition coefficient (Wildman–Crippen LogP) is 7.23. The first-order valence-electron chi connectivity index (χ1n) is 11.5. The van der Waals surface area contributed by atoms with Crippen molar-refractivity contribution in [3.05, 3.63) is 87.6 Å². The van der Waals surface area contributed by atoms with Crippen LogP contribution < -0.4 is 9.62 Å². The highest BCUT2D eigenvalue weighted by Gasteiger charge is 2.49. The topological polar surface area (TPSA) is 51.2 Å². The maximum Gasteiger partial charge on any atom is 0.192 e. The molecular weight excluding hydrogens is 509 g/mol. The Morgan fingerprint density at radius 2 is 1.79 bits per heavy atom. The summed E-state index contributed by atoms with van der Waals surface area (Å²) in [5, 5.41) is 2.06. The van der Waals surface area contributed by atoms with E-state index in [1.807, 2.05) is 42.5 Å². The molecule has 3 aromatic rings. The Labute approximate surface area is 218 Å². The SMILES string of the molecule is [O-][S+](NC1(C[C@@H]2CC[C@@H](c3ccc(Cl)cc3Cl)N(c3ccc(Cl)cc3)C2)CC1)c1cccnc1. The van der Waals surface area contributed by atoms with E-state index < -0.39 is 11.4 Å². The third-order valence-corrected chi connectivity index (χ3v) is 8.95. The van der Waals surface area contributed by atoms with Crippen molar-refractivity contribution in [3.63, 3.8) is 0 Å². The molecule has 178 valence electrons. The fraction of sp³-hybridized carbons (Fsp3) is 0.346. The summed E-state index contributed by atoms with van der Waals surface area (Å²) in [5.41, 5.74) is 2.15. The van der Waals surface area contributed by atoms with Gasteiger partial charge in [0.25, 0.3) is 0 Å². The maximum absolute atomic E-state index is 12.9. The molecule has 0 bridgehead atoms. The van der Waals surface area contributed by atoms with Crippen LogP contribution in [-0.4, -0.2) is 21.6 Å². The maximum atomic E-state index is 12.9. The molecule has 1 unspecified atom stereocenters. The molecule has 1 aromatic heterocycles. The Bertz CT molecular complexity index is 1130. The quantitative estimate of drug-likeness (QED) is 0.325. The summed E-state index contributed by atoms with van der Waals surface area (Å²) in [6.07, 6.45) is 8.51. The van der Waals surface area contributed by atoms with Crippen LogP contribution in [0.25, 0.3) is 0 Å². The number of anilines is 1. The van der Waals surface area contributed by atoms with E-state index in [-0.39, 0.29) is 11.6 Å². The first-order valence-corrected chi connectivity index (χ1v) is 13.8. The largest absolute Gasteiger partial charge is 0.593 e. The van der Waals surface area contributed by atoms with Crippen molar-refractivity contribution in [1.29, 1.82) is 0 Å². The summed E-state index contributed by atoms with van der Waals surface area (Å²) < 4.78 is 16.3. The van der Waals surface area contributed by atoms with Crippen molar-refractivity contribution in [2.24, 2.45) is 5.92 Å². The first-order chi connectivity index (χ1) is 16.4. The molecule has 0 spiro atoms. The molecule has 3 atom stereocenters. The van der Waals surface area contributed by atoms with Crippen molar-refractivity contribution in [3.8, 4) is 0 Å². The lowest BCUT2D eigenvalue weighted by atomic mass is 9.84. The lowest BCUT2D eigenvalue weighted by Gasteiger charge is -2.43. The highest BCUT2D eigenvalue weighted by molar-refractivity contribution is 7.89. The number of hydrogen-bond donors (Lipinski definition) is 1. The predicted molar refractivity (Wildman–Crippen MR) is 141 cm³/mol. The smallest absolute Gasteiger partial charge is 0.192 e. The van der Waals surface area contributed by atoms with E-state index in [9.17, 15) is 4.55 Å². The molecule has 2 heterocycles. The normalized spacial score (nSPS) is 22.4. The molecule has 1 aliphatic carbocycles. The molecule has 5 rings (SSSR count). The third-order valence-electron chi connectivity index (χ3n) is 6.85. The lowest BCUT2D eigenvalue weighted by Crippen LogP contribution is -2.43. The van der Waals surface area contributed by atoms with Crippen molar-refractivity contribution >= 4 is 51.9 Å². The van der Waals surface area contributed by atoms with E-state index in [0.717, 1.165) is 59.8 Å². The van der Waals surface area contributed by atoms with Crippen LogP contribution in [0.1, 0.15) is 43.7 Å². The lowest BCUT2D eigenvalue weighted by molar-refractivity contribution is 0.309. The number of rotatable bonds is 7. The number of aromatic nitrogens is 1. The van der Waals surface area contributed by atoms with Crippen LogP contribution in [0.15, 0.2) is 71.9 Å². The molecular formula is C26H26Cl3N3OS. The summed E-state index contributed by atoms with van der Waals surface area (Å²) >= 11 is 17.7. The van der Waals surface area contributed by atoms with Crippen LogP contribution in [0.3, 0.4) is 0 Å². The Morgan fingerprint density at radius 1 is 1.03 bits per heavy atom. The molecule has 2 aromatic carbocycles. The van der Waals surface area contributed by atoms with Crippen LogP contribution in [0.5, 0.6) is 0 Å². The molecule has 2 fully saturated rings. The zero-order valence-electron chi connectivity index (χ0n) is 18.6. The van der Waals surface area contributed by atoms with Crippen LogP contribution >= 0.6 is 34.8 Å². The summed E-state index contributed by atoms with van der Waals surface area (Å²) in [7, 11) is 0. The zero-order chi connectivity index (χ0) is 23.7. The fourth-order valence-electron chi connectivity index (χ4n) is 4.99. The van der Waals surface area contributed by atoms with Gasteiger partial charge in [0.15, 0.2) is 4.90 Å². The van der Waals surface area contributed by atoms with Gasteiger partial charge in [-0.15, -0.1) is 4.72 Å². The minimum atomic E-state index is -1.25. The van der Waals surface area contributed by atoms with Gasteiger partial charge in [-0.1, -0.05) is 40.9 Å². The van der Waals surface area contributed by atoms with Crippen molar-refractivity contribution in [1.82, 2.24) is 9.71 Å². The molecule has 1 N–H and O–H groups in total. The first kappa shape index (κ1) is 24.2. The molecule has 1 aliphatic heterocycles. The van der Waals surface area contributed by atoms with E-state index >= 15 is 0 Å². The van der Waals surface area contributed by atoms with Gasteiger partial charge in [0.1, 0.15) is 0 Å². The van der Waals surface area contributed by atoms with E-state index in [1.165, 1.54) is 0 Å². The number of hydrogen-bond acceptors (Lipinski definition) is 4. The van der Waals surface area contributed by atoms with E-state index in [4.69, 9.17) is 34.8 Å². The van der Waals surface area contributed by atoms with Crippen molar-refractivity contribution in [2.75, 3.05) is 11.4 Å². The second-order valence-electron chi connectivity index (χ2n) is 9.30. The fourth-order valence-corrected chi connectivity index (χ4v) is 6.81. The zero-order valence-corrected chi connectivity index (χ0v) is 21.7.